The van der Waals surface area contributed by atoms with Gasteiger partial charge in [-0.25, -0.2) is 0 Å². The maximum atomic E-state index is 4.24. The third kappa shape index (κ3) is 4.78. The molecule has 0 heterocycles. The number of nitrogens with zero attached hydrogens (tertiary/aromatic N) is 1. The first-order chi connectivity index (χ1) is 9.38. The highest BCUT2D eigenvalue weighted by atomic mass is 15.2. The highest BCUT2D eigenvalue weighted by Gasteiger charge is 2.04. The molecule has 2 rings (SSSR count). The van der Waals surface area contributed by atoms with Crippen molar-refractivity contribution in [3.63, 3.8) is 0 Å². The van der Waals surface area contributed by atoms with Gasteiger partial charge in [0.2, 0.25) is 0 Å². The molecule has 3 heteroatoms. The van der Waals surface area contributed by atoms with Gasteiger partial charge < -0.3 is 10.6 Å². The van der Waals surface area contributed by atoms with Crippen molar-refractivity contribution in [2.75, 3.05) is 13.6 Å². The molecule has 1 aromatic rings. The molecule has 0 fully saturated rings. The highest BCUT2D eigenvalue weighted by Crippen LogP contribution is 2.19. The quantitative estimate of drug-likeness (QED) is 0.483. The Morgan fingerprint density at radius 3 is 2.74 bits per heavy atom. The van der Waals surface area contributed by atoms with E-state index in [-0.39, 0.29) is 0 Å². The molecule has 1 aliphatic rings. The Labute approximate surface area is 115 Å². The molecule has 0 unspecified atom stereocenters. The summed E-state index contributed by atoms with van der Waals surface area (Å²) in [6, 6.07) is 10.4. The molecule has 102 valence electrons. The first kappa shape index (κ1) is 13.7. The topological polar surface area (TPSA) is 36.4 Å². The third-order valence-electron chi connectivity index (χ3n) is 3.40. The smallest absolute Gasteiger partial charge is 0.191 e. The molecule has 0 saturated carbocycles. The molecule has 0 aromatic heterocycles. The molecule has 2 N–H and O–H groups in total. The second-order valence-corrected chi connectivity index (χ2v) is 4.84. The number of allylic oxidation sites excluding steroid dienone is 1. The molecule has 1 aliphatic carbocycles. The summed E-state index contributed by atoms with van der Waals surface area (Å²) in [5, 5.41) is 6.70. The molecule has 19 heavy (non-hydrogen) atoms. The molecule has 0 amide bonds. The van der Waals surface area contributed by atoms with Gasteiger partial charge in [-0.2, -0.15) is 0 Å². The minimum absolute atomic E-state index is 0.809. The Balaban J connectivity index is 1.68. The van der Waals surface area contributed by atoms with E-state index in [1.165, 1.54) is 24.8 Å². The van der Waals surface area contributed by atoms with Crippen LogP contribution in [0.5, 0.6) is 0 Å². The van der Waals surface area contributed by atoms with Gasteiger partial charge in [-0.3, -0.25) is 4.99 Å². The first-order valence-electron chi connectivity index (χ1n) is 7.05. The van der Waals surface area contributed by atoms with Crippen LogP contribution in [0.25, 0.3) is 0 Å². The van der Waals surface area contributed by atoms with Crippen molar-refractivity contribution in [3.05, 3.63) is 47.5 Å². The fourth-order valence-corrected chi connectivity index (χ4v) is 2.31. The molecule has 3 nitrogen and oxygen atoms in total. The maximum Gasteiger partial charge on any atom is 0.191 e. The van der Waals surface area contributed by atoms with Crippen molar-refractivity contribution in [3.8, 4) is 0 Å². The summed E-state index contributed by atoms with van der Waals surface area (Å²) in [7, 11) is 1.81. The van der Waals surface area contributed by atoms with E-state index < -0.39 is 0 Å². The minimum Gasteiger partial charge on any atom is -0.356 e. The number of guanidine groups is 1. The van der Waals surface area contributed by atoms with Crippen LogP contribution < -0.4 is 10.6 Å². The maximum absolute atomic E-state index is 4.24. The Hall–Kier alpha value is -1.77. The fourth-order valence-electron chi connectivity index (χ4n) is 2.31. The van der Waals surface area contributed by atoms with Gasteiger partial charge >= 0.3 is 0 Å². The first-order valence-corrected chi connectivity index (χ1v) is 7.05. The second kappa shape index (κ2) is 7.62. The molecule has 0 spiro atoms. The second-order valence-electron chi connectivity index (χ2n) is 4.84. The van der Waals surface area contributed by atoms with Gasteiger partial charge in [0.1, 0.15) is 0 Å². The van der Waals surface area contributed by atoms with Crippen LogP contribution in [0.1, 0.15) is 31.2 Å². The van der Waals surface area contributed by atoms with E-state index >= 15 is 0 Å². The summed E-state index contributed by atoms with van der Waals surface area (Å²) in [6.45, 7) is 1.77. The number of benzene rings is 1. The van der Waals surface area contributed by atoms with Crippen molar-refractivity contribution in [2.45, 2.75) is 32.2 Å². The molecular formula is C16H23N3. The number of aliphatic imine (C=N–C) groups is 1. The largest absolute Gasteiger partial charge is 0.356 e. The summed E-state index contributed by atoms with van der Waals surface area (Å²) < 4.78 is 0. The van der Waals surface area contributed by atoms with Crippen molar-refractivity contribution in [2.24, 2.45) is 4.99 Å². The van der Waals surface area contributed by atoms with E-state index in [4.69, 9.17) is 0 Å². The molecule has 0 aliphatic heterocycles. The predicted molar refractivity (Wildman–Crippen MR) is 81.2 cm³/mol. The van der Waals surface area contributed by atoms with Crippen molar-refractivity contribution in [1.29, 1.82) is 0 Å². The van der Waals surface area contributed by atoms with Crippen molar-refractivity contribution in [1.82, 2.24) is 10.6 Å². The Morgan fingerprint density at radius 1 is 1.21 bits per heavy atom. The predicted octanol–water partition coefficient (Wildman–Crippen LogP) is 2.85. The summed E-state index contributed by atoms with van der Waals surface area (Å²) in [6.07, 6.45) is 7.37. The van der Waals surface area contributed by atoms with Gasteiger partial charge in [-0.1, -0.05) is 42.0 Å². The van der Waals surface area contributed by atoms with E-state index in [2.05, 4.69) is 46.0 Å². The van der Waals surface area contributed by atoms with Crippen LogP contribution >= 0.6 is 0 Å². The van der Waals surface area contributed by atoms with E-state index in [0.29, 0.717) is 0 Å². The molecule has 0 radical (unpaired) electrons. The van der Waals surface area contributed by atoms with E-state index in [1.54, 1.807) is 5.57 Å². The summed E-state index contributed by atoms with van der Waals surface area (Å²) >= 11 is 0. The highest BCUT2D eigenvalue weighted by molar-refractivity contribution is 5.79. The zero-order chi connectivity index (χ0) is 13.3. The lowest BCUT2D eigenvalue weighted by Crippen LogP contribution is -2.37. The Bertz CT molecular complexity index is 435. The molecule has 0 saturated heterocycles. The van der Waals surface area contributed by atoms with Crippen LogP contribution in [0, 0.1) is 0 Å². The van der Waals surface area contributed by atoms with Gasteiger partial charge in [0.25, 0.3) is 0 Å². The molecule has 0 bridgehead atoms. The van der Waals surface area contributed by atoms with Gasteiger partial charge in [-0.15, -0.1) is 0 Å². The van der Waals surface area contributed by atoms with Gasteiger partial charge in [0.15, 0.2) is 5.96 Å². The van der Waals surface area contributed by atoms with Crippen molar-refractivity contribution < 1.29 is 0 Å². The summed E-state index contributed by atoms with van der Waals surface area (Å²) in [5.41, 5.74) is 2.86. The monoisotopic (exact) mass is 257 g/mol. The standard InChI is InChI=1S/C16H23N3/c1-17-16(18-12-11-14-7-5-6-8-14)19-13-15-9-3-2-4-10-15/h2-4,7,9-10H,5-6,8,11-13H2,1H3,(H2,17,18,19). The summed E-state index contributed by atoms with van der Waals surface area (Å²) in [4.78, 5) is 4.24. The van der Waals surface area contributed by atoms with E-state index in [1.807, 2.05) is 13.1 Å². The lowest BCUT2D eigenvalue weighted by molar-refractivity contribution is 0.772. The molecule has 1 aromatic carbocycles. The number of hydrogen-bond acceptors (Lipinski definition) is 1. The zero-order valence-corrected chi connectivity index (χ0v) is 11.7. The SMILES string of the molecule is CN=C(NCCC1=CCCC1)NCc1ccccc1. The molecular weight excluding hydrogens is 234 g/mol. The van der Waals surface area contributed by atoms with Crippen LogP contribution in [0.2, 0.25) is 0 Å². The van der Waals surface area contributed by atoms with Gasteiger partial charge in [0, 0.05) is 20.1 Å². The average Bonchev–Trinajstić information content (AvgIpc) is 2.97. The average molecular weight is 257 g/mol. The van der Waals surface area contributed by atoms with Gasteiger partial charge in [0.05, 0.1) is 0 Å². The van der Waals surface area contributed by atoms with Crippen LogP contribution in [-0.4, -0.2) is 19.6 Å². The van der Waals surface area contributed by atoms with Crippen LogP contribution in [0.4, 0.5) is 0 Å². The normalized spacial score (nSPS) is 15.2. The lowest BCUT2D eigenvalue weighted by Gasteiger charge is -2.12. The van der Waals surface area contributed by atoms with Crippen molar-refractivity contribution >= 4 is 5.96 Å². The Kier molecular flexibility index (Phi) is 5.48. The van der Waals surface area contributed by atoms with Crippen LogP contribution in [-0.2, 0) is 6.54 Å². The minimum atomic E-state index is 0.809. The lowest BCUT2D eigenvalue weighted by atomic mass is 10.2. The number of rotatable bonds is 5. The Morgan fingerprint density at radius 2 is 2.05 bits per heavy atom. The van der Waals surface area contributed by atoms with E-state index in [9.17, 15) is 0 Å². The number of nitrogens with one attached hydrogen (secondary N) is 2. The summed E-state index contributed by atoms with van der Waals surface area (Å²) in [5.74, 6) is 0.877. The van der Waals surface area contributed by atoms with Gasteiger partial charge in [-0.05, 0) is 31.2 Å². The van der Waals surface area contributed by atoms with E-state index in [0.717, 1.165) is 25.5 Å². The third-order valence-corrected chi connectivity index (χ3v) is 3.40. The van der Waals surface area contributed by atoms with Crippen LogP contribution in [0.15, 0.2) is 47.0 Å². The zero-order valence-electron chi connectivity index (χ0n) is 11.7. The number of hydrogen-bond donors (Lipinski definition) is 2. The fraction of sp³-hybridized carbons (Fsp3) is 0.438. The van der Waals surface area contributed by atoms with Crippen LogP contribution in [0.3, 0.4) is 0 Å². The molecule has 0 atom stereocenters.